The lowest BCUT2D eigenvalue weighted by Crippen LogP contribution is -2.50. The van der Waals surface area contributed by atoms with E-state index < -0.39 is 27.9 Å². The number of nitrogens with one attached hydrogen (secondary N) is 1. The van der Waals surface area contributed by atoms with E-state index in [0.29, 0.717) is 19.0 Å². The smallest absolute Gasteiger partial charge is 0.326 e. The molecule has 122 valence electrons. The second kappa shape index (κ2) is 7.63. The zero-order valence-corrected chi connectivity index (χ0v) is 13.4. The maximum absolute atomic E-state index is 12.0. The lowest BCUT2D eigenvalue weighted by molar-refractivity contribution is -0.139. The molecule has 0 aromatic heterocycles. The van der Waals surface area contributed by atoms with E-state index in [1.807, 2.05) is 0 Å². The number of rotatable bonds is 6. The van der Waals surface area contributed by atoms with Crippen LogP contribution < -0.4 is 5.32 Å². The largest absolute Gasteiger partial charge is 0.480 e. The number of aliphatic carboxylic acids is 1. The Morgan fingerprint density at radius 1 is 1.33 bits per heavy atom. The average molecular weight is 320 g/mol. The summed E-state index contributed by atoms with van der Waals surface area (Å²) in [6.07, 6.45) is 3.85. The van der Waals surface area contributed by atoms with Crippen LogP contribution in [-0.2, 0) is 14.6 Å². The summed E-state index contributed by atoms with van der Waals surface area (Å²) in [5.41, 5.74) is 0. The van der Waals surface area contributed by atoms with Crippen LogP contribution in [0.5, 0.6) is 0 Å². The van der Waals surface area contributed by atoms with Gasteiger partial charge in [-0.2, -0.15) is 0 Å². The van der Waals surface area contributed by atoms with Gasteiger partial charge in [0.25, 0.3) is 0 Å². The second-order valence-electron chi connectivity index (χ2n) is 5.60. The van der Waals surface area contributed by atoms with Crippen molar-refractivity contribution in [2.45, 2.75) is 38.6 Å². The van der Waals surface area contributed by atoms with Crippen LogP contribution in [0.1, 0.15) is 32.6 Å². The predicted molar refractivity (Wildman–Crippen MR) is 78.9 cm³/mol. The van der Waals surface area contributed by atoms with Gasteiger partial charge in [0.2, 0.25) is 0 Å². The molecular weight excluding hydrogens is 296 g/mol. The van der Waals surface area contributed by atoms with E-state index >= 15 is 0 Å². The minimum atomic E-state index is -3.25. The van der Waals surface area contributed by atoms with Crippen LogP contribution in [0.3, 0.4) is 0 Å². The van der Waals surface area contributed by atoms with Crippen molar-refractivity contribution in [3.05, 3.63) is 0 Å². The molecule has 0 aromatic carbocycles. The molecule has 1 heterocycles. The van der Waals surface area contributed by atoms with Crippen LogP contribution >= 0.6 is 0 Å². The van der Waals surface area contributed by atoms with E-state index in [1.165, 1.54) is 0 Å². The van der Waals surface area contributed by atoms with E-state index in [0.717, 1.165) is 25.5 Å². The molecule has 0 saturated carbocycles. The number of amides is 2. The number of carbonyl (C=O) groups is 2. The third-order valence-corrected chi connectivity index (χ3v) is 4.83. The quantitative estimate of drug-likeness (QED) is 0.750. The van der Waals surface area contributed by atoms with Gasteiger partial charge in [-0.05, 0) is 25.2 Å². The monoisotopic (exact) mass is 320 g/mol. The van der Waals surface area contributed by atoms with Crippen LogP contribution in [0.2, 0.25) is 0 Å². The Kier molecular flexibility index (Phi) is 6.44. The molecule has 1 fully saturated rings. The molecule has 8 heteroatoms. The molecule has 1 aliphatic heterocycles. The molecule has 0 aromatic rings. The second-order valence-corrected chi connectivity index (χ2v) is 7.86. The molecule has 21 heavy (non-hydrogen) atoms. The molecule has 2 N–H and O–H groups in total. The highest BCUT2D eigenvalue weighted by atomic mass is 32.2. The predicted octanol–water partition coefficient (Wildman–Crippen LogP) is 0.706. The van der Waals surface area contributed by atoms with Crippen molar-refractivity contribution in [3.63, 3.8) is 0 Å². The maximum atomic E-state index is 12.0. The van der Waals surface area contributed by atoms with Crippen LogP contribution in [0, 0.1) is 5.92 Å². The van der Waals surface area contributed by atoms with Gasteiger partial charge in [0.15, 0.2) is 0 Å². The first-order valence-electron chi connectivity index (χ1n) is 7.19. The molecule has 0 bridgehead atoms. The van der Waals surface area contributed by atoms with Gasteiger partial charge >= 0.3 is 12.0 Å². The summed E-state index contributed by atoms with van der Waals surface area (Å²) in [5.74, 6) is -0.854. The molecular formula is C13H24N2O5S. The highest BCUT2D eigenvalue weighted by Gasteiger charge is 2.26. The third-order valence-electron chi connectivity index (χ3n) is 3.85. The van der Waals surface area contributed by atoms with Crippen molar-refractivity contribution in [1.29, 1.82) is 0 Å². The standard InChI is InChI=1S/C13H24N2O5S/c1-3-10-4-7-15(8-5-10)13(18)14-11(12(16)17)6-9-21(2,19)20/h10-11H,3-9H2,1-2H3,(H,14,18)(H,16,17). The van der Waals surface area contributed by atoms with Gasteiger partial charge in [-0.1, -0.05) is 13.3 Å². The minimum absolute atomic E-state index is 0.120. The number of nitrogens with zero attached hydrogens (tertiary/aromatic N) is 1. The Hall–Kier alpha value is -1.31. The summed E-state index contributed by atoms with van der Waals surface area (Å²) in [4.78, 5) is 24.7. The van der Waals surface area contributed by atoms with Crippen LogP contribution in [-0.4, -0.2) is 61.6 Å². The van der Waals surface area contributed by atoms with E-state index in [9.17, 15) is 18.0 Å². The number of likely N-dealkylation sites (tertiary alicyclic amines) is 1. The number of sulfone groups is 1. The number of piperidine rings is 1. The van der Waals surface area contributed by atoms with Gasteiger partial charge in [-0.15, -0.1) is 0 Å². The summed E-state index contributed by atoms with van der Waals surface area (Å²) in [6, 6.07) is -1.60. The topological polar surface area (TPSA) is 104 Å². The Balaban J connectivity index is 2.51. The summed E-state index contributed by atoms with van der Waals surface area (Å²) in [7, 11) is -3.25. The van der Waals surface area contributed by atoms with E-state index in [-0.39, 0.29) is 12.2 Å². The normalized spacial score (nSPS) is 18.3. The van der Waals surface area contributed by atoms with Crippen molar-refractivity contribution < 1.29 is 23.1 Å². The summed E-state index contributed by atoms with van der Waals surface area (Å²) in [5, 5.41) is 11.5. The van der Waals surface area contributed by atoms with Gasteiger partial charge < -0.3 is 15.3 Å². The number of hydrogen-bond acceptors (Lipinski definition) is 4. The Morgan fingerprint density at radius 3 is 2.33 bits per heavy atom. The molecule has 7 nitrogen and oxygen atoms in total. The van der Waals surface area contributed by atoms with Crippen molar-refractivity contribution in [2.24, 2.45) is 5.92 Å². The van der Waals surface area contributed by atoms with Crippen LogP contribution in [0.25, 0.3) is 0 Å². The van der Waals surface area contributed by atoms with Gasteiger partial charge in [0.1, 0.15) is 15.9 Å². The van der Waals surface area contributed by atoms with Crippen molar-refractivity contribution >= 4 is 21.8 Å². The summed E-state index contributed by atoms with van der Waals surface area (Å²) in [6.45, 7) is 3.34. The van der Waals surface area contributed by atoms with Gasteiger partial charge in [0, 0.05) is 19.3 Å². The molecule has 2 amide bonds. The fourth-order valence-electron chi connectivity index (χ4n) is 2.37. The molecule has 1 saturated heterocycles. The lowest BCUT2D eigenvalue weighted by Gasteiger charge is -2.32. The fourth-order valence-corrected chi connectivity index (χ4v) is 3.04. The first-order valence-corrected chi connectivity index (χ1v) is 9.25. The van der Waals surface area contributed by atoms with Crippen LogP contribution in [0.15, 0.2) is 0 Å². The molecule has 1 aliphatic rings. The van der Waals surface area contributed by atoms with Gasteiger partial charge in [-0.25, -0.2) is 18.0 Å². The highest BCUT2D eigenvalue weighted by Crippen LogP contribution is 2.19. The van der Waals surface area contributed by atoms with Crippen LogP contribution in [0.4, 0.5) is 4.79 Å². The first kappa shape index (κ1) is 17.7. The van der Waals surface area contributed by atoms with E-state index in [4.69, 9.17) is 5.11 Å². The molecule has 1 unspecified atom stereocenters. The number of carboxylic acids is 1. The van der Waals surface area contributed by atoms with E-state index in [1.54, 1.807) is 4.90 Å². The van der Waals surface area contributed by atoms with Gasteiger partial charge in [0.05, 0.1) is 5.75 Å². The number of carboxylic acid groups (broad SMARTS) is 1. The Bertz CT molecular complexity index is 469. The molecule has 1 atom stereocenters. The summed E-state index contributed by atoms with van der Waals surface area (Å²) < 4.78 is 22.2. The molecule has 0 radical (unpaired) electrons. The van der Waals surface area contributed by atoms with E-state index in [2.05, 4.69) is 12.2 Å². The zero-order valence-electron chi connectivity index (χ0n) is 12.5. The minimum Gasteiger partial charge on any atom is -0.480 e. The SMILES string of the molecule is CCC1CCN(C(=O)NC(CCS(C)(=O)=O)C(=O)O)CC1. The Labute approximate surface area is 125 Å². The van der Waals surface area contributed by atoms with Gasteiger partial charge in [-0.3, -0.25) is 0 Å². The summed E-state index contributed by atoms with van der Waals surface area (Å²) >= 11 is 0. The number of hydrogen-bond donors (Lipinski definition) is 2. The number of carbonyl (C=O) groups excluding carboxylic acids is 1. The molecule has 0 aliphatic carbocycles. The highest BCUT2D eigenvalue weighted by molar-refractivity contribution is 7.90. The Morgan fingerprint density at radius 2 is 1.90 bits per heavy atom. The zero-order chi connectivity index (χ0) is 16.0. The first-order chi connectivity index (χ1) is 9.73. The number of urea groups is 1. The van der Waals surface area contributed by atoms with Crippen molar-refractivity contribution in [1.82, 2.24) is 10.2 Å². The fraction of sp³-hybridized carbons (Fsp3) is 0.846. The van der Waals surface area contributed by atoms with Crippen molar-refractivity contribution in [2.75, 3.05) is 25.1 Å². The van der Waals surface area contributed by atoms with Crippen molar-refractivity contribution in [3.8, 4) is 0 Å². The third kappa shape index (κ3) is 6.33. The average Bonchev–Trinajstić information content (AvgIpc) is 2.42. The lowest BCUT2D eigenvalue weighted by atomic mass is 9.95. The maximum Gasteiger partial charge on any atom is 0.326 e. The molecule has 1 rings (SSSR count). The molecule has 0 spiro atoms.